The number of hydrogen-bond donors (Lipinski definition) is 1. The molecule has 0 saturated carbocycles. The van der Waals surface area contributed by atoms with Crippen LogP contribution in [0.3, 0.4) is 0 Å². The second-order valence-electron chi connectivity index (χ2n) is 8.46. The lowest BCUT2D eigenvalue weighted by Gasteiger charge is -2.18. The summed E-state index contributed by atoms with van der Waals surface area (Å²) in [5, 5.41) is 2.94. The molecule has 2 aromatic rings. The van der Waals surface area contributed by atoms with Gasteiger partial charge in [-0.3, -0.25) is 24.2 Å². The van der Waals surface area contributed by atoms with Gasteiger partial charge in [0.15, 0.2) is 0 Å². The highest BCUT2D eigenvalue weighted by Crippen LogP contribution is 2.44. The van der Waals surface area contributed by atoms with E-state index >= 15 is 0 Å². The summed E-state index contributed by atoms with van der Waals surface area (Å²) in [5.41, 5.74) is 4.26. The van der Waals surface area contributed by atoms with Crippen molar-refractivity contribution in [3.05, 3.63) is 64.1 Å². The largest absolute Gasteiger partial charge is 0.324 e. The van der Waals surface area contributed by atoms with Crippen LogP contribution >= 0.6 is 24.0 Å². The Morgan fingerprint density at radius 3 is 2.38 bits per heavy atom. The third-order valence-corrected chi connectivity index (χ3v) is 7.48. The van der Waals surface area contributed by atoms with E-state index in [1.807, 2.05) is 50.2 Å². The maximum absolute atomic E-state index is 13.6. The highest BCUT2D eigenvalue weighted by Gasteiger charge is 2.42. The molecule has 6 nitrogen and oxygen atoms in total. The molecule has 0 unspecified atom stereocenters. The number of thioether (sulfide) groups is 1. The Hall–Kier alpha value is -2.97. The van der Waals surface area contributed by atoms with Crippen LogP contribution in [0.2, 0.25) is 0 Å². The molecule has 2 aliphatic rings. The molecule has 34 heavy (non-hydrogen) atoms. The number of amides is 3. The summed E-state index contributed by atoms with van der Waals surface area (Å²) >= 11 is 6.63. The minimum absolute atomic E-state index is 0.149. The molecule has 2 aromatic carbocycles. The summed E-state index contributed by atoms with van der Waals surface area (Å²) in [7, 11) is 0. The molecule has 0 atom stereocenters. The Morgan fingerprint density at radius 2 is 1.68 bits per heavy atom. The molecule has 2 heterocycles. The Bertz CT molecular complexity index is 1200. The predicted octanol–water partition coefficient (Wildman–Crippen LogP) is 5.05. The fourth-order valence-electron chi connectivity index (χ4n) is 4.25. The van der Waals surface area contributed by atoms with Gasteiger partial charge in [0.05, 0.1) is 16.2 Å². The van der Waals surface area contributed by atoms with Crippen LogP contribution in [0.25, 0.3) is 5.57 Å². The van der Waals surface area contributed by atoms with Crippen molar-refractivity contribution in [1.29, 1.82) is 0 Å². The molecular weight excluding hydrogens is 466 g/mol. The van der Waals surface area contributed by atoms with Gasteiger partial charge in [-0.1, -0.05) is 80.1 Å². The lowest BCUT2D eigenvalue weighted by molar-refractivity contribution is -0.122. The smallest absolute Gasteiger partial charge is 0.267 e. The minimum atomic E-state index is -0.355. The number of rotatable bonds is 7. The SMILES string of the molecule is CCCCCN1C(=O)C(=C2C(=O)N(CC(=O)Nc3c(C)cccc3C)c3ccccc32)SC1=S. The topological polar surface area (TPSA) is 69.7 Å². The number of hydrogen-bond acceptors (Lipinski definition) is 5. The molecule has 0 bridgehead atoms. The van der Waals surface area contributed by atoms with Crippen LogP contribution in [-0.2, 0) is 14.4 Å². The van der Waals surface area contributed by atoms with Crippen molar-refractivity contribution in [2.75, 3.05) is 23.3 Å². The van der Waals surface area contributed by atoms with Crippen LogP contribution in [0.4, 0.5) is 11.4 Å². The summed E-state index contributed by atoms with van der Waals surface area (Å²) in [6.07, 6.45) is 2.91. The van der Waals surface area contributed by atoms with Gasteiger partial charge < -0.3 is 5.32 Å². The quantitative estimate of drug-likeness (QED) is 0.332. The lowest BCUT2D eigenvalue weighted by atomic mass is 10.1. The number of aryl methyl sites for hydroxylation is 2. The maximum Gasteiger partial charge on any atom is 0.267 e. The van der Waals surface area contributed by atoms with Gasteiger partial charge in [-0.25, -0.2) is 0 Å². The fourth-order valence-corrected chi connectivity index (χ4v) is 5.63. The van der Waals surface area contributed by atoms with Crippen LogP contribution in [0.1, 0.15) is 42.9 Å². The van der Waals surface area contributed by atoms with Crippen molar-refractivity contribution in [2.45, 2.75) is 40.0 Å². The molecule has 4 rings (SSSR count). The second kappa shape index (κ2) is 10.1. The average molecular weight is 494 g/mol. The standard InChI is InChI=1S/C26H27N3O3S2/c1-4-5-8-14-28-25(32)23(34-26(28)33)21-18-12-6-7-13-19(18)29(24(21)31)15-20(30)27-22-16(2)10-9-11-17(22)3/h6-7,9-13H,4-5,8,14-15H2,1-3H3,(H,27,30). The minimum Gasteiger partial charge on any atom is -0.324 e. The van der Waals surface area contributed by atoms with Crippen LogP contribution in [0.15, 0.2) is 47.4 Å². The summed E-state index contributed by atoms with van der Waals surface area (Å²) in [5.74, 6) is -0.882. The van der Waals surface area contributed by atoms with Gasteiger partial charge in [-0.2, -0.15) is 0 Å². The Labute approximate surface area is 209 Å². The number of thiocarbonyl (C=S) groups is 1. The second-order valence-corrected chi connectivity index (χ2v) is 10.1. The number of nitrogens with zero attached hydrogens (tertiary/aromatic N) is 2. The highest BCUT2D eigenvalue weighted by atomic mass is 32.2. The molecule has 0 aromatic heterocycles. The van der Waals surface area contributed by atoms with Crippen LogP contribution < -0.4 is 10.2 Å². The molecule has 1 fully saturated rings. The molecule has 0 aliphatic carbocycles. The summed E-state index contributed by atoms with van der Waals surface area (Å²) in [6, 6.07) is 13.1. The highest BCUT2D eigenvalue weighted by molar-refractivity contribution is 8.26. The van der Waals surface area contributed by atoms with Crippen molar-refractivity contribution in [3.8, 4) is 0 Å². The number of benzene rings is 2. The first-order valence-electron chi connectivity index (χ1n) is 11.4. The fraction of sp³-hybridized carbons (Fsp3) is 0.308. The van der Waals surface area contributed by atoms with E-state index < -0.39 is 0 Å². The van der Waals surface area contributed by atoms with Gasteiger partial charge in [0, 0.05) is 17.8 Å². The molecule has 3 amide bonds. The molecule has 2 aliphatic heterocycles. The van der Waals surface area contributed by atoms with Crippen LogP contribution in [0, 0.1) is 13.8 Å². The Balaban J connectivity index is 1.62. The molecule has 1 saturated heterocycles. The zero-order valence-electron chi connectivity index (χ0n) is 19.5. The molecule has 0 radical (unpaired) electrons. The number of carbonyl (C=O) groups is 3. The van der Waals surface area contributed by atoms with Crippen LogP contribution in [-0.4, -0.2) is 40.0 Å². The van der Waals surface area contributed by atoms with Crippen molar-refractivity contribution >= 4 is 63.0 Å². The lowest BCUT2D eigenvalue weighted by Crippen LogP contribution is -2.36. The molecule has 0 spiro atoms. The van der Waals surface area contributed by atoms with E-state index in [0.29, 0.717) is 32.6 Å². The number of fused-ring (bicyclic) bond motifs is 1. The summed E-state index contributed by atoms with van der Waals surface area (Å²) in [6.45, 7) is 6.36. The van der Waals surface area contributed by atoms with Gasteiger partial charge in [-0.15, -0.1) is 0 Å². The van der Waals surface area contributed by atoms with Crippen molar-refractivity contribution in [2.24, 2.45) is 0 Å². The first kappa shape index (κ1) is 24.2. The van der Waals surface area contributed by atoms with Gasteiger partial charge in [0.1, 0.15) is 10.9 Å². The number of carbonyl (C=O) groups excluding carboxylic acids is 3. The van der Waals surface area contributed by atoms with Crippen molar-refractivity contribution in [3.63, 3.8) is 0 Å². The van der Waals surface area contributed by atoms with Crippen molar-refractivity contribution in [1.82, 2.24) is 4.90 Å². The Kier molecular flexibility index (Phi) is 7.19. The maximum atomic E-state index is 13.6. The van der Waals surface area contributed by atoms with Crippen molar-refractivity contribution < 1.29 is 14.4 Å². The first-order valence-corrected chi connectivity index (χ1v) is 12.6. The zero-order chi connectivity index (χ0) is 24.4. The number of para-hydroxylation sites is 2. The third-order valence-electron chi connectivity index (χ3n) is 6.03. The summed E-state index contributed by atoms with van der Waals surface area (Å²) < 4.78 is 0.472. The third kappa shape index (κ3) is 4.52. The van der Waals surface area contributed by atoms with Gasteiger partial charge >= 0.3 is 0 Å². The zero-order valence-corrected chi connectivity index (χ0v) is 21.1. The van der Waals surface area contributed by atoms with E-state index in [4.69, 9.17) is 12.2 Å². The summed E-state index contributed by atoms with van der Waals surface area (Å²) in [4.78, 5) is 43.1. The Morgan fingerprint density at radius 1 is 0.971 bits per heavy atom. The molecule has 8 heteroatoms. The van der Waals surface area contributed by atoms with E-state index in [1.54, 1.807) is 11.0 Å². The van der Waals surface area contributed by atoms with Gasteiger partial charge in [0.25, 0.3) is 11.8 Å². The van der Waals surface area contributed by atoms with Crippen LogP contribution in [0.5, 0.6) is 0 Å². The van der Waals surface area contributed by atoms with E-state index in [0.717, 1.165) is 36.1 Å². The molecule has 1 N–H and O–H groups in total. The van der Waals surface area contributed by atoms with Gasteiger partial charge in [-0.05, 0) is 37.5 Å². The number of nitrogens with one attached hydrogen (secondary N) is 1. The average Bonchev–Trinajstić information content (AvgIpc) is 3.24. The normalized spacial score (nSPS) is 17.6. The van der Waals surface area contributed by atoms with E-state index in [2.05, 4.69) is 12.2 Å². The monoisotopic (exact) mass is 493 g/mol. The number of anilines is 2. The van der Waals surface area contributed by atoms with E-state index in [-0.39, 0.29) is 24.3 Å². The predicted molar refractivity (Wildman–Crippen MR) is 142 cm³/mol. The molecular formula is C26H27N3O3S2. The number of unbranched alkanes of at least 4 members (excludes halogenated alkanes) is 2. The van der Waals surface area contributed by atoms with E-state index in [1.165, 1.54) is 16.7 Å². The van der Waals surface area contributed by atoms with Gasteiger partial charge in [0.2, 0.25) is 5.91 Å². The molecule has 176 valence electrons. The van der Waals surface area contributed by atoms with E-state index in [9.17, 15) is 14.4 Å². The first-order chi connectivity index (χ1) is 16.3.